The lowest BCUT2D eigenvalue weighted by Crippen LogP contribution is -2.57. The van der Waals surface area contributed by atoms with Gasteiger partial charge in [-0.3, -0.25) is 4.98 Å². The van der Waals surface area contributed by atoms with Gasteiger partial charge in [0.25, 0.3) is 5.88 Å². The Hall–Kier alpha value is -2.87. The standard InChI is InChI=1S/C20H20FN5O2/c1-20-4-2-14(24-20)18(21)16(8-20)28-17-10-23-19(26-25-17)13-6-11-3-5-22-9-12(11)7-15(13)27/h3,5-7,9-10,14,16,18,24,27H,2,4,8H2,1H3/t14?,16-,18-,20-/m0/s1. The number of piperidine rings is 1. The number of benzene rings is 1. The largest absolute Gasteiger partial charge is 0.507 e. The lowest BCUT2D eigenvalue weighted by atomic mass is 9.90. The summed E-state index contributed by atoms with van der Waals surface area (Å²) in [7, 11) is 0. The average Bonchev–Trinajstić information content (AvgIpc) is 3.04. The van der Waals surface area contributed by atoms with Crippen molar-refractivity contribution >= 4 is 10.8 Å². The number of hydrogen-bond donors (Lipinski definition) is 2. The second-order valence-corrected chi connectivity index (χ2v) is 7.87. The maximum absolute atomic E-state index is 14.6. The Morgan fingerprint density at radius 2 is 2.14 bits per heavy atom. The van der Waals surface area contributed by atoms with E-state index in [4.69, 9.17) is 4.74 Å². The van der Waals surface area contributed by atoms with E-state index in [1.165, 1.54) is 6.20 Å². The van der Waals surface area contributed by atoms with Gasteiger partial charge >= 0.3 is 0 Å². The fourth-order valence-electron chi connectivity index (χ4n) is 4.29. The van der Waals surface area contributed by atoms with E-state index in [9.17, 15) is 9.50 Å². The van der Waals surface area contributed by atoms with Crippen molar-refractivity contribution in [3.05, 3.63) is 36.8 Å². The van der Waals surface area contributed by atoms with Crippen LogP contribution in [0.25, 0.3) is 22.2 Å². The van der Waals surface area contributed by atoms with Crippen LogP contribution in [0.5, 0.6) is 11.6 Å². The third-order valence-electron chi connectivity index (χ3n) is 5.74. The minimum Gasteiger partial charge on any atom is -0.507 e. The van der Waals surface area contributed by atoms with Gasteiger partial charge in [0.05, 0.1) is 11.8 Å². The molecule has 2 saturated heterocycles. The van der Waals surface area contributed by atoms with Crippen molar-refractivity contribution < 1.29 is 14.2 Å². The number of aromatic nitrogens is 4. The van der Waals surface area contributed by atoms with E-state index in [0.717, 1.165) is 23.6 Å². The molecule has 0 amide bonds. The molecule has 2 aliphatic heterocycles. The molecule has 2 N–H and O–H groups in total. The molecule has 0 spiro atoms. The van der Waals surface area contributed by atoms with E-state index in [2.05, 4.69) is 32.4 Å². The zero-order valence-electron chi connectivity index (χ0n) is 15.3. The van der Waals surface area contributed by atoms with Gasteiger partial charge in [-0.15, -0.1) is 10.2 Å². The first kappa shape index (κ1) is 17.2. The first-order valence-electron chi connectivity index (χ1n) is 9.36. The fourth-order valence-corrected chi connectivity index (χ4v) is 4.29. The van der Waals surface area contributed by atoms with Crippen LogP contribution in [-0.2, 0) is 0 Å². The van der Waals surface area contributed by atoms with Crippen LogP contribution in [0, 0.1) is 0 Å². The summed E-state index contributed by atoms with van der Waals surface area (Å²) in [6, 6.07) is 5.07. The topological polar surface area (TPSA) is 93.0 Å². The molecule has 28 heavy (non-hydrogen) atoms. The molecule has 2 fully saturated rings. The molecule has 0 radical (unpaired) electrons. The van der Waals surface area contributed by atoms with Crippen molar-refractivity contribution in [2.45, 2.75) is 50.0 Å². The molecule has 3 aromatic rings. The first-order valence-corrected chi connectivity index (χ1v) is 9.36. The van der Waals surface area contributed by atoms with Gasteiger partial charge in [0, 0.05) is 35.8 Å². The van der Waals surface area contributed by atoms with Gasteiger partial charge in [-0.25, -0.2) is 9.37 Å². The molecule has 5 rings (SSSR count). The molecule has 7 nitrogen and oxygen atoms in total. The van der Waals surface area contributed by atoms with Crippen molar-refractivity contribution in [2.75, 3.05) is 0 Å². The van der Waals surface area contributed by atoms with Crippen LogP contribution in [0.4, 0.5) is 4.39 Å². The SMILES string of the molecule is C[C@@]12CCC(N1)[C@H](F)[C@@H](Oc1cnc(-c3cc4ccncc4cc3O)nn1)C2. The number of pyridine rings is 1. The Labute approximate surface area is 161 Å². The molecule has 4 heterocycles. The van der Waals surface area contributed by atoms with Crippen molar-refractivity contribution in [2.24, 2.45) is 0 Å². The van der Waals surface area contributed by atoms with E-state index >= 15 is 0 Å². The summed E-state index contributed by atoms with van der Waals surface area (Å²) in [5.41, 5.74) is 0.373. The van der Waals surface area contributed by atoms with E-state index < -0.39 is 12.3 Å². The molecule has 0 saturated carbocycles. The van der Waals surface area contributed by atoms with Gasteiger partial charge in [-0.05, 0) is 43.4 Å². The summed E-state index contributed by atoms with van der Waals surface area (Å²) in [6.07, 6.45) is 5.46. The van der Waals surface area contributed by atoms with Crippen LogP contribution < -0.4 is 10.1 Å². The molecule has 8 heteroatoms. The van der Waals surface area contributed by atoms with Crippen molar-refractivity contribution in [3.63, 3.8) is 0 Å². The summed E-state index contributed by atoms with van der Waals surface area (Å²) in [4.78, 5) is 8.31. The minimum absolute atomic E-state index is 0.0441. The van der Waals surface area contributed by atoms with Gasteiger partial charge in [0.2, 0.25) is 0 Å². The highest BCUT2D eigenvalue weighted by Crippen LogP contribution is 2.38. The van der Waals surface area contributed by atoms with E-state index in [-0.39, 0.29) is 29.0 Å². The number of alkyl halides is 1. The molecule has 144 valence electrons. The van der Waals surface area contributed by atoms with Crippen LogP contribution in [0.1, 0.15) is 26.2 Å². The maximum Gasteiger partial charge on any atom is 0.252 e. The number of halogens is 1. The van der Waals surface area contributed by atoms with Crippen LogP contribution in [-0.4, -0.2) is 49.1 Å². The predicted octanol–water partition coefficient (Wildman–Crippen LogP) is 2.79. The van der Waals surface area contributed by atoms with Gasteiger partial charge < -0.3 is 15.2 Å². The number of rotatable bonds is 3. The zero-order chi connectivity index (χ0) is 19.3. The quantitative estimate of drug-likeness (QED) is 0.721. The van der Waals surface area contributed by atoms with Gasteiger partial charge in [-0.2, -0.15) is 0 Å². The Morgan fingerprint density at radius 1 is 1.25 bits per heavy atom. The number of fused-ring (bicyclic) bond motifs is 3. The molecule has 0 aliphatic carbocycles. The number of nitrogens with one attached hydrogen (secondary N) is 1. The highest BCUT2D eigenvalue weighted by atomic mass is 19.1. The summed E-state index contributed by atoms with van der Waals surface area (Å²) < 4.78 is 20.4. The highest BCUT2D eigenvalue weighted by molar-refractivity contribution is 5.88. The average molecular weight is 381 g/mol. The number of phenols is 1. The van der Waals surface area contributed by atoms with Crippen LogP contribution in [0.15, 0.2) is 36.8 Å². The lowest BCUT2D eigenvalue weighted by Gasteiger charge is -2.38. The molecular weight excluding hydrogens is 361 g/mol. The smallest absolute Gasteiger partial charge is 0.252 e. The number of hydrogen-bond acceptors (Lipinski definition) is 7. The maximum atomic E-state index is 14.6. The third-order valence-corrected chi connectivity index (χ3v) is 5.74. The Bertz CT molecular complexity index is 1030. The van der Waals surface area contributed by atoms with Crippen molar-refractivity contribution in [1.29, 1.82) is 0 Å². The van der Waals surface area contributed by atoms with E-state index in [1.807, 2.05) is 6.07 Å². The lowest BCUT2D eigenvalue weighted by molar-refractivity contribution is 0.0231. The van der Waals surface area contributed by atoms with Gasteiger partial charge in [0.15, 0.2) is 12.0 Å². The molecular formula is C20H20FN5O2. The summed E-state index contributed by atoms with van der Waals surface area (Å²) >= 11 is 0. The van der Waals surface area contributed by atoms with Crippen LogP contribution >= 0.6 is 0 Å². The van der Waals surface area contributed by atoms with E-state index in [1.54, 1.807) is 24.5 Å². The summed E-state index contributed by atoms with van der Waals surface area (Å²) in [6.45, 7) is 2.10. The second kappa shape index (κ2) is 6.34. The number of ether oxygens (including phenoxy) is 1. The zero-order valence-corrected chi connectivity index (χ0v) is 15.3. The Kier molecular flexibility index (Phi) is 3.90. The molecule has 2 aromatic heterocycles. The normalized spacial score (nSPS) is 29.1. The van der Waals surface area contributed by atoms with Crippen molar-refractivity contribution in [1.82, 2.24) is 25.5 Å². The number of nitrogens with zero attached hydrogens (tertiary/aromatic N) is 4. The van der Waals surface area contributed by atoms with Gasteiger partial charge in [-0.1, -0.05) is 0 Å². The summed E-state index contributed by atoms with van der Waals surface area (Å²) in [5, 5.41) is 23.5. The predicted molar refractivity (Wildman–Crippen MR) is 101 cm³/mol. The highest BCUT2D eigenvalue weighted by Gasteiger charge is 2.49. The second-order valence-electron chi connectivity index (χ2n) is 7.87. The molecule has 4 atom stereocenters. The molecule has 1 unspecified atom stereocenters. The third kappa shape index (κ3) is 2.93. The summed E-state index contributed by atoms with van der Waals surface area (Å²) in [5.74, 6) is 0.506. The van der Waals surface area contributed by atoms with Crippen molar-refractivity contribution in [3.8, 4) is 23.0 Å². The van der Waals surface area contributed by atoms with E-state index in [0.29, 0.717) is 12.0 Å². The molecule has 1 aromatic carbocycles. The monoisotopic (exact) mass is 381 g/mol. The fraction of sp³-hybridized carbons (Fsp3) is 0.400. The van der Waals surface area contributed by atoms with Crippen LogP contribution in [0.2, 0.25) is 0 Å². The van der Waals surface area contributed by atoms with Gasteiger partial charge in [0.1, 0.15) is 11.9 Å². The molecule has 2 bridgehead atoms. The van der Waals surface area contributed by atoms with Crippen LogP contribution in [0.3, 0.4) is 0 Å². The molecule has 2 aliphatic rings. The number of phenolic OH excluding ortho intramolecular Hbond substituents is 1. The minimum atomic E-state index is -1.09. The first-order chi connectivity index (χ1) is 13.5. The Morgan fingerprint density at radius 3 is 2.96 bits per heavy atom. The Balaban J connectivity index is 1.38. The number of aromatic hydroxyl groups is 1.